The van der Waals surface area contributed by atoms with Gasteiger partial charge in [-0.2, -0.15) is 0 Å². The Balaban J connectivity index is 2.05. The normalized spacial score (nSPS) is 20.2. The van der Waals surface area contributed by atoms with Gasteiger partial charge in [-0.3, -0.25) is 0 Å². The van der Waals surface area contributed by atoms with Gasteiger partial charge in [0.25, 0.3) is 0 Å². The monoisotopic (exact) mass is 296 g/mol. The molecule has 1 aliphatic heterocycles. The van der Waals surface area contributed by atoms with E-state index in [1.807, 2.05) is 0 Å². The molecule has 0 saturated carbocycles. The van der Waals surface area contributed by atoms with Crippen LogP contribution in [0.5, 0.6) is 0 Å². The molecule has 0 amide bonds. The molecule has 0 aromatic rings. The molecular weight excluding hydrogens is 260 g/mol. The minimum absolute atomic E-state index is 0.0324. The highest BCUT2D eigenvalue weighted by Gasteiger charge is 2.19. The zero-order valence-electron chi connectivity index (χ0n) is 14.5. The van der Waals surface area contributed by atoms with Crippen molar-refractivity contribution in [3.05, 3.63) is 12.2 Å². The first-order chi connectivity index (χ1) is 10.1. The third kappa shape index (κ3) is 10.1. The molecule has 1 unspecified atom stereocenters. The van der Waals surface area contributed by atoms with Crippen molar-refractivity contribution in [3.8, 4) is 0 Å². The van der Waals surface area contributed by atoms with E-state index in [1.54, 1.807) is 0 Å². The predicted molar refractivity (Wildman–Crippen MR) is 90.5 cm³/mol. The third-order valence-electron chi connectivity index (χ3n) is 4.07. The van der Waals surface area contributed by atoms with Crippen LogP contribution >= 0.6 is 0 Å². The molecule has 0 radical (unpaired) electrons. The predicted octanol–water partition coefficient (Wildman–Crippen LogP) is 5.86. The zero-order valence-corrected chi connectivity index (χ0v) is 14.5. The van der Waals surface area contributed by atoms with Crippen LogP contribution in [0.4, 0.5) is 0 Å². The largest absolute Gasteiger partial charge is 0.353 e. The van der Waals surface area contributed by atoms with E-state index >= 15 is 0 Å². The molecule has 1 fully saturated rings. The summed E-state index contributed by atoms with van der Waals surface area (Å²) in [6.07, 6.45) is 17.6. The van der Waals surface area contributed by atoms with Gasteiger partial charge < -0.3 is 9.47 Å². The van der Waals surface area contributed by atoms with Crippen molar-refractivity contribution >= 4 is 0 Å². The third-order valence-corrected chi connectivity index (χ3v) is 4.07. The maximum Gasteiger partial charge on any atom is 0.157 e. The molecule has 0 N–H and O–H groups in total. The Morgan fingerprint density at radius 2 is 1.86 bits per heavy atom. The summed E-state index contributed by atoms with van der Waals surface area (Å²) in [4.78, 5) is 0. The highest BCUT2D eigenvalue weighted by atomic mass is 16.7. The number of hydrogen-bond acceptors (Lipinski definition) is 2. The maximum atomic E-state index is 5.90. The molecule has 2 nitrogen and oxygen atoms in total. The smallest absolute Gasteiger partial charge is 0.157 e. The number of unbranched alkanes of at least 4 members (excludes halogenated alkanes) is 6. The van der Waals surface area contributed by atoms with E-state index in [-0.39, 0.29) is 11.7 Å². The summed E-state index contributed by atoms with van der Waals surface area (Å²) in [5.41, 5.74) is 0.114. The molecule has 1 aliphatic rings. The van der Waals surface area contributed by atoms with Gasteiger partial charge in [0.2, 0.25) is 0 Å². The molecule has 1 saturated heterocycles. The van der Waals surface area contributed by atoms with Gasteiger partial charge in [0.05, 0.1) is 6.61 Å². The van der Waals surface area contributed by atoms with Crippen molar-refractivity contribution in [1.82, 2.24) is 0 Å². The lowest BCUT2D eigenvalue weighted by Gasteiger charge is -2.27. The molecule has 21 heavy (non-hydrogen) atoms. The first-order valence-electron chi connectivity index (χ1n) is 9.05. The van der Waals surface area contributed by atoms with Crippen LogP contribution in [-0.2, 0) is 9.47 Å². The Kier molecular flexibility index (Phi) is 10.0. The summed E-state index contributed by atoms with van der Waals surface area (Å²) in [5.74, 6) is 0. The molecule has 0 aromatic heterocycles. The van der Waals surface area contributed by atoms with Crippen molar-refractivity contribution < 1.29 is 9.47 Å². The van der Waals surface area contributed by atoms with Crippen LogP contribution in [0.15, 0.2) is 12.2 Å². The lowest BCUT2D eigenvalue weighted by Crippen LogP contribution is -2.27. The van der Waals surface area contributed by atoms with Gasteiger partial charge in [-0.15, -0.1) is 0 Å². The van der Waals surface area contributed by atoms with E-state index in [9.17, 15) is 0 Å². The first-order valence-corrected chi connectivity index (χ1v) is 9.05. The van der Waals surface area contributed by atoms with Crippen LogP contribution in [0.1, 0.15) is 85.0 Å². The molecule has 0 aromatic carbocycles. The number of hydrogen-bond donors (Lipinski definition) is 0. The van der Waals surface area contributed by atoms with Crippen LogP contribution in [-0.4, -0.2) is 19.5 Å². The fourth-order valence-corrected chi connectivity index (χ4v) is 2.64. The van der Waals surface area contributed by atoms with Gasteiger partial charge in [-0.05, 0) is 32.1 Å². The lowest BCUT2D eigenvalue weighted by atomic mass is 9.93. The van der Waals surface area contributed by atoms with Crippen LogP contribution in [0.25, 0.3) is 0 Å². The molecule has 0 bridgehead atoms. The maximum absolute atomic E-state index is 5.90. The lowest BCUT2D eigenvalue weighted by molar-refractivity contribution is -0.172. The first kappa shape index (κ1) is 18.7. The van der Waals surface area contributed by atoms with E-state index in [4.69, 9.17) is 9.47 Å². The molecule has 0 aliphatic carbocycles. The van der Waals surface area contributed by atoms with Crippen molar-refractivity contribution in [2.24, 2.45) is 5.41 Å². The second-order valence-electron chi connectivity index (χ2n) is 7.05. The second-order valence-corrected chi connectivity index (χ2v) is 7.05. The summed E-state index contributed by atoms with van der Waals surface area (Å²) in [6.45, 7) is 8.37. The summed E-state index contributed by atoms with van der Waals surface area (Å²) in [5, 5.41) is 0. The standard InChI is InChI=1S/C19H36O2/c1-4-5-6-7-8-9-10-12-15-19(2,3)17-21-18-14-11-13-16-20-18/h12,15,18H,4-11,13-14,16-17H2,1-3H3/b15-12-. The van der Waals surface area contributed by atoms with Crippen molar-refractivity contribution in [2.75, 3.05) is 13.2 Å². The van der Waals surface area contributed by atoms with Gasteiger partial charge >= 0.3 is 0 Å². The zero-order chi connectivity index (χ0) is 15.4. The average Bonchev–Trinajstić information content (AvgIpc) is 2.49. The molecule has 1 atom stereocenters. The fraction of sp³-hybridized carbons (Fsp3) is 0.895. The summed E-state index contributed by atoms with van der Waals surface area (Å²) in [6, 6.07) is 0. The number of rotatable bonds is 11. The van der Waals surface area contributed by atoms with Crippen LogP contribution in [0, 0.1) is 5.41 Å². The van der Waals surface area contributed by atoms with Gasteiger partial charge in [0.1, 0.15) is 0 Å². The summed E-state index contributed by atoms with van der Waals surface area (Å²) >= 11 is 0. The number of ether oxygens (including phenoxy) is 2. The van der Waals surface area contributed by atoms with Gasteiger partial charge in [0.15, 0.2) is 6.29 Å². The summed E-state index contributed by atoms with van der Waals surface area (Å²) in [7, 11) is 0. The molecular formula is C19H36O2. The van der Waals surface area contributed by atoms with Gasteiger partial charge in [-0.25, -0.2) is 0 Å². The Morgan fingerprint density at radius 3 is 2.57 bits per heavy atom. The SMILES string of the molecule is CCCCCCCC/C=C\C(C)(C)COC1CCCCO1. The average molecular weight is 296 g/mol. The molecule has 124 valence electrons. The molecule has 2 heteroatoms. The Bertz CT molecular complexity index is 265. The molecule has 1 rings (SSSR count). The van der Waals surface area contributed by atoms with E-state index in [1.165, 1.54) is 57.8 Å². The van der Waals surface area contributed by atoms with Crippen LogP contribution in [0.3, 0.4) is 0 Å². The highest BCUT2D eigenvalue weighted by Crippen LogP contribution is 2.22. The highest BCUT2D eigenvalue weighted by molar-refractivity contribution is 4.94. The van der Waals surface area contributed by atoms with Crippen LogP contribution < -0.4 is 0 Å². The minimum Gasteiger partial charge on any atom is -0.353 e. The molecule has 1 heterocycles. The van der Waals surface area contributed by atoms with Gasteiger partial charge in [0, 0.05) is 12.0 Å². The minimum atomic E-state index is 0.0324. The van der Waals surface area contributed by atoms with E-state index < -0.39 is 0 Å². The van der Waals surface area contributed by atoms with E-state index in [2.05, 4.69) is 32.9 Å². The second kappa shape index (κ2) is 11.3. The van der Waals surface area contributed by atoms with Crippen molar-refractivity contribution in [1.29, 1.82) is 0 Å². The Hall–Kier alpha value is -0.340. The Morgan fingerprint density at radius 1 is 1.10 bits per heavy atom. The fourth-order valence-electron chi connectivity index (χ4n) is 2.64. The summed E-state index contributed by atoms with van der Waals surface area (Å²) < 4.78 is 11.5. The number of allylic oxidation sites excluding steroid dienone is 1. The van der Waals surface area contributed by atoms with Gasteiger partial charge in [-0.1, -0.05) is 65.0 Å². The van der Waals surface area contributed by atoms with Crippen LogP contribution in [0.2, 0.25) is 0 Å². The van der Waals surface area contributed by atoms with Crippen molar-refractivity contribution in [3.63, 3.8) is 0 Å². The van der Waals surface area contributed by atoms with E-state index in [0.29, 0.717) is 0 Å². The quantitative estimate of drug-likeness (QED) is 0.351. The van der Waals surface area contributed by atoms with E-state index in [0.717, 1.165) is 19.6 Å². The Labute approximate surface area is 132 Å². The topological polar surface area (TPSA) is 18.5 Å². The molecule has 0 spiro atoms. The van der Waals surface area contributed by atoms with Crippen molar-refractivity contribution in [2.45, 2.75) is 91.3 Å².